The highest BCUT2D eigenvalue weighted by molar-refractivity contribution is 6.03. The highest BCUT2D eigenvalue weighted by atomic mass is 19.3. The van der Waals surface area contributed by atoms with Gasteiger partial charge in [0.2, 0.25) is 0 Å². The third-order valence-electron chi connectivity index (χ3n) is 7.38. The summed E-state index contributed by atoms with van der Waals surface area (Å²) < 4.78 is 49.9. The van der Waals surface area contributed by atoms with Crippen LogP contribution in [0.4, 0.5) is 19.0 Å². The number of carbonyl (C=O) groups is 2. The van der Waals surface area contributed by atoms with Gasteiger partial charge < -0.3 is 21.5 Å². The molecule has 5 N–H and O–H groups in total. The summed E-state index contributed by atoms with van der Waals surface area (Å²) >= 11 is 0. The molecule has 9 nitrogen and oxygen atoms in total. The number of rotatable bonds is 7. The number of nitrogens with one attached hydrogen (secondary N) is 1. The highest BCUT2D eigenvalue weighted by Gasteiger charge is 2.49. The number of likely N-dealkylation sites (tertiary alicyclic amines) is 1. The molecular formula is C27H29F3N6O3. The molecule has 2 fully saturated rings. The fraction of sp³-hybridized carbons (Fsp3) is 0.370. The van der Waals surface area contributed by atoms with Crippen LogP contribution in [0.2, 0.25) is 0 Å². The average Bonchev–Trinajstić information content (AvgIpc) is 3.21. The zero-order chi connectivity index (χ0) is 27.9. The van der Waals surface area contributed by atoms with Crippen molar-refractivity contribution in [3.05, 3.63) is 70.5 Å². The average molecular weight is 543 g/mol. The lowest BCUT2D eigenvalue weighted by molar-refractivity contribution is -0.139. The maximum atomic E-state index is 15.1. The number of alkyl halides is 2. The van der Waals surface area contributed by atoms with Gasteiger partial charge in [0.25, 0.3) is 17.7 Å². The molecule has 12 heteroatoms. The van der Waals surface area contributed by atoms with Gasteiger partial charge in [0.15, 0.2) is 0 Å². The molecule has 1 unspecified atom stereocenters. The Bertz CT molecular complexity index is 1400. The second kappa shape index (κ2) is 10.3. The summed E-state index contributed by atoms with van der Waals surface area (Å²) in [6.07, 6.45) is -0.371. The maximum Gasteiger partial charge on any atom is 0.272 e. The van der Waals surface area contributed by atoms with E-state index in [1.807, 2.05) is 4.90 Å². The van der Waals surface area contributed by atoms with Gasteiger partial charge in [-0.1, -0.05) is 30.3 Å². The summed E-state index contributed by atoms with van der Waals surface area (Å²) in [6.45, 7) is 3.08. The van der Waals surface area contributed by atoms with Gasteiger partial charge in [0.05, 0.1) is 19.3 Å². The summed E-state index contributed by atoms with van der Waals surface area (Å²) in [5.74, 6) is -5.10. The molecule has 2 saturated heterocycles. The Hall–Kier alpha value is -3.90. The van der Waals surface area contributed by atoms with Crippen LogP contribution in [-0.4, -0.2) is 64.8 Å². The Labute approximate surface area is 222 Å². The molecule has 0 spiro atoms. The van der Waals surface area contributed by atoms with Crippen molar-refractivity contribution in [2.45, 2.75) is 37.9 Å². The van der Waals surface area contributed by atoms with Crippen molar-refractivity contribution in [3.63, 3.8) is 0 Å². The number of aryl methyl sites for hydroxylation is 1. The number of hydrogen-bond acceptors (Lipinski definition) is 6. The van der Waals surface area contributed by atoms with E-state index in [9.17, 15) is 14.0 Å². The van der Waals surface area contributed by atoms with Gasteiger partial charge in [0, 0.05) is 37.2 Å². The van der Waals surface area contributed by atoms with Gasteiger partial charge in [0.1, 0.15) is 28.9 Å². The monoisotopic (exact) mass is 542 g/mol. The van der Waals surface area contributed by atoms with E-state index >= 15 is 8.78 Å². The number of nitrogens with two attached hydrogens (primary N) is 2. The molecule has 2 amide bonds. The number of benzene rings is 2. The predicted octanol–water partition coefficient (Wildman–Crippen LogP) is 2.89. The fourth-order valence-electron chi connectivity index (χ4n) is 4.96. The predicted molar refractivity (Wildman–Crippen MR) is 138 cm³/mol. The minimum Gasteiger partial charge on any atom is -0.383 e. The van der Waals surface area contributed by atoms with Gasteiger partial charge in [-0.2, -0.15) is 5.10 Å². The molecule has 206 valence electrons. The SMILES string of the molecule is Cc1ccc(F)cc1C(=O)NCc1ccc(-c2nn(C3CN(C4COC4)CCC3(F)F)c(N)c2C(N)=O)cc1. The number of aromatic nitrogens is 2. The first-order chi connectivity index (χ1) is 18.5. The fourth-order valence-corrected chi connectivity index (χ4v) is 4.96. The molecule has 0 aliphatic carbocycles. The molecular weight excluding hydrogens is 513 g/mol. The van der Waals surface area contributed by atoms with Crippen LogP contribution in [0.15, 0.2) is 42.5 Å². The van der Waals surface area contributed by atoms with Gasteiger partial charge in [-0.15, -0.1) is 0 Å². The van der Waals surface area contributed by atoms with E-state index in [-0.39, 0.29) is 54.7 Å². The van der Waals surface area contributed by atoms with E-state index in [0.717, 1.165) is 4.68 Å². The van der Waals surface area contributed by atoms with Crippen molar-refractivity contribution in [3.8, 4) is 11.3 Å². The molecule has 0 bridgehead atoms. The first kappa shape index (κ1) is 26.7. The molecule has 2 aliphatic heterocycles. The van der Waals surface area contributed by atoms with Gasteiger partial charge in [-0.3, -0.25) is 14.5 Å². The summed E-state index contributed by atoms with van der Waals surface area (Å²) in [5, 5.41) is 7.11. The molecule has 2 aliphatic rings. The van der Waals surface area contributed by atoms with Crippen molar-refractivity contribution < 1.29 is 27.5 Å². The molecule has 1 atom stereocenters. The molecule has 0 radical (unpaired) electrons. The van der Waals surface area contributed by atoms with Crippen molar-refractivity contribution in [2.24, 2.45) is 5.73 Å². The van der Waals surface area contributed by atoms with Crippen LogP contribution in [0, 0.1) is 12.7 Å². The van der Waals surface area contributed by atoms with Crippen LogP contribution >= 0.6 is 0 Å². The zero-order valence-corrected chi connectivity index (χ0v) is 21.3. The minimum absolute atomic E-state index is 0.00791. The Balaban J connectivity index is 1.37. The third-order valence-corrected chi connectivity index (χ3v) is 7.38. The lowest BCUT2D eigenvalue weighted by atomic mass is 9.98. The van der Waals surface area contributed by atoms with Crippen LogP contribution in [0.25, 0.3) is 11.3 Å². The molecule has 3 heterocycles. The molecule has 5 rings (SSSR count). The molecule has 39 heavy (non-hydrogen) atoms. The summed E-state index contributed by atoms with van der Waals surface area (Å²) in [7, 11) is 0. The van der Waals surface area contributed by atoms with Crippen LogP contribution in [0.3, 0.4) is 0 Å². The smallest absolute Gasteiger partial charge is 0.272 e. The molecule has 0 saturated carbocycles. The number of nitrogens with zero attached hydrogens (tertiary/aromatic N) is 3. The molecule has 3 aromatic rings. The normalized spacial score (nSPS) is 19.4. The number of piperidine rings is 1. The number of carbonyl (C=O) groups excluding carboxylic acids is 2. The van der Waals surface area contributed by atoms with E-state index in [1.54, 1.807) is 31.2 Å². The van der Waals surface area contributed by atoms with E-state index in [2.05, 4.69) is 10.4 Å². The number of nitrogen functional groups attached to an aromatic ring is 1. The van der Waals surface area contributed by atoms with Crippen LogP contribution in [0.5, 0.6) is 0 Å². The maximum absolute atomic E-state index is 15.1. The Morgan fingerprint density at radius 2 is 1.90 bits per heavy atom. The minimum atomic E-state index is -3.09. The summed E-state index contributed by atoms with van der Waals surface area (Å²) in [4.78, 5) is 26.8. The van der Waals surface area contributed by atoms with Crippen molar-refractivity contribution in [1.82, 2.24) is 20.0 Å². The molecule has 2 aromatic carbocycles. The highest BCUT2D eigenvalue weighted by Crippen LogP contribution is 2.41. The van der Waals surface area contributed by atoms with E-state index in [4.69, 9.17) is 16.2 Å². The second-order valence-electron chi connectivity index (χ2n) is 9.97. The van der Waals surface area contributed by atoms with Crippen LogP contribution in [-0.2, 0) is 11.3 Å². The number of ether oxygens (including phenoxy) is 1. The number of hydrogen-bond donors (Lipinski definition) is 3. The van der Waals surface area contributed by atoms with Crippen molar-refractivity contribution in [2.75, 3.05) is 32.0 Å². The Morgan fingerprint density at radius 3 is 2.54 bits per heavy atom. The number of primary amides is 1. The largest absolute Gasteiger partial charge is 0.383 e. The first-order valence-corrected chi connectivity index (χ1v) is 12.6. The third kappa shape index (κ3) is 5.21. The van der Waals surface area contributed by atoms with Crippen LogP contribution in [0.1, 0.15) is 44.3 Å². The second-order valence-corrected chi connectivity index (χ2v) is 9.97. The number of amides is 2. The number of anilines is 1. The van der Waals surface area contributed by atoms with E-state index in [0.29, 0.717) is 29.9 Å². The van der Waals surface area contributed by atoms with Crippen LogP contribution < -0.4 is 16.8 Å². The lowest BCUT2D eigenvalue weighted by Crippen LogP contribution is -2.57. The van der Waals surface area contributed by atoms with Gasteiger partial charge in [-0.05, 0) is 30.2 Å². The van der Waals surface area contributed by atoms with Gasteiger partial charge >= 0.3 is 0 Å². The standard InChI is InChI=1S/C27H29F3N6O3/c1-15-2-7-18(28)10-20(15)26(38)33-11-16-3-5-17(6-4-16)23-22(25(32)37)24(31)36(34-23)21-12-35(19-13-39-14-19)9-8-27(21,29)30/h2-7,10,19,21H,8-9,11-14,31H2,1H3,(H2,32,37)(H,33,38). The summed E-state index contributed by atoms with van der Waals surface area (Å²) in [5.41, 5.74) is 13.8. The zero-order valence-electron chi connectivity index (χ0n) is 21.3. The Morgan fingerprint density at radius 1 is 1.18 bits per heavy atom. The Kier molecular flexibility index (Phi) is 7.08. The first-order valence-electron chi connectivity index (χ1n) is 12.6. The van der Waals surface area contributed by atoms with E-state index in [1.165, 1.54) is 18.2 Å². The van der Waals surface area contributed by atoms with Crippen molar-refractivity contribution in [1.29, 1.82) is 0 Å². The lowest BCUT2D eigenvalue weighted by Gasteiger charge is -2.44. The summed E-state index contributed by atoms with van der Waals surface area (Å²) in [6, 6.07) is 9.36. The topological polar surface area (TPSA) is 128 Å². The number of halogens is 3. The quantitative estimate of drug-likeness (QED) is 0.421. The van der Waals surface area contributed by atoms with Gasteiger partial charge in [-0.25, -0.2) is 17.9 Å². The van der Waals surface area contributed by atoms with E-state index < -0.39 is 29.6 Å². The van der Waals surface area contributed by atoms with Crippen molar-refractivity contribution >= 4 is 17.6 Å². The molecule has 1 aromatic heterocycles.